The molecular formula is C14H21N3O. The second-order valence-corrected chi connectivity index (χ2v) is 4.90. The Morgan fingerprint density at radius 3 is 3.00 bits per heavy atom. The molecule has 1 aromatic rings. The van der Waals surface area contributed by atoms with Crippen LogP contribution in [0.15, 0.2) is 18.2 Å². The van der Waals surface area contributed by atoms with Crippen molar-refractivity contribution >= 4 is 5.91 Å². The van der Waals surface area contributed by atoms with E-state index < -0.39 is 0 Å². The van der Waals surface area contributed by atoms with E-state index >= 15 is 0 Å². The van der Waals surface area contributed by atoms with Gasteiger partial charge in [-0.25, -0.2) is 4.98 Å². The van der Waals surface area contributed by atoms with Crippen LogP contribution < -0.4 is 5.73 Å². The first-order valence-corrected chi connectivity index (χ1v) is 6.67. The lowest BCUT2D eigenvalue weighted by Crippen LogP contribution is -2.44. The van der Waals surface area contributed by atoms with Gasteiger partial charge in [-0.15, -0.1) is 0 Å². The zero-order chi connectivity index (χ0) is 13.0. The number of aryl methyl sites for hydroxylation is 1. The lowest BCUT2D eigenvalue weighted by Gasteiger charge is -2.28. The number of hydrogen-bond donors (Lipinski definition) is 1. The molecule has 4 heteroatoms. The Balaban J connectivity index is 2.19. The molecule has 1 aliphatic heterocycles. The Morgan fingerprint density at radius 1 is 1.44 bits per heavy atom. The molecule has 0 bridgehead atoms. The molecule has 18 heavy (non-hydrogen) atoms. The number of likely N-dealkylation sites (tertiary alicyclic amines) is 1. The molecule has 1 amide bonds. The van der Waals surface area contributed by atoms with Crippen LogP contribution in [0.25, 0.3) is 0 Å². The smallest absolute Gasteiger partial charge is 0.272 e. The maximum atomic E-state index is 12.5. The molecular weight excluding hydrogens is 226 g/mol. The SMILES string of the molecule is Cc1cccc(C(=O)N2CCCCCC2CN)n1. The van der Waals surface area contributed by atoms with Crippen LogP contribution in [0, 0.1) is 6.92 Å². The highest BCUT2D eigenvalue weighted by atomic mass is 16.2. The minimum atomic E-state index is 0.0241. The Kier molecular flexibility index (Phi) is 4.31. The van der Waals surface area contributed by atoms with Crippen LogP contribution in [-0.4, -0.2) is 34.9 Å². The van der Waals surface area contributed by atoms with Crippen LogP contribution in [0.2, 0.25) is 0 Å². The van der Waals surface area contributed by atoms with E-state index in [4.69, 9.17) is 5.73 Å². The summed E-state index contributed by atoms with van der Waals surface area (Å²) in [5, 5.41) is 0. The summed E-state index contributed by atoms with van der Waals surface area (Å²) in [5.74, 6) is 0.0241. The quantitative estimate of drug-likeness (QED) is 0.866. The fraction of sp³-hybridized carbons (Fsp3) is 0.571. The molecule has 98 valence electrons. The Bertz CT molecular complexity index is 419. The Hall–Kier alpha value is -1.42. The molecule has 1 unspecified atom stereocenters. The number of rotatable bonds is 2. The van der Waals surface area contributed by atoms with Gasteiger partial charge in [-0.05, 0) is 31.9 Å². The largest absolute Gasteiger partial charge is 0.333 e. The van der Waals surface area contributed by atoms with Crippen molar-refractivity contribution in [1.82, 2.24) is 9.88 Å². The Labute approximate surface area is 108 Å². The predicted molar refractivity (Wildman–Crippen MR) is 71.3 cm³/mol. The first kappa shape index (κ1) is 13.0. The number of aromatic nitrogens is 1. The first-order valence-electron chi connectivity index (χ1n) is 6.67. The van der Waals surface area contributed by atoms with E-state index in [9.17, 15) is 4.79 Å². The molecule has 1 atom stereocenters. The van der Waals surface area contributed by atoms with Gasteiger partial charge < -0.3 is 10.6 Å². The fourth-order valence-electron chi connectivity index (χ4n) is 2.50. The van der Waals surface area contributed by atoms with Crippen molar-refractivity contribution in [3.8, 4) is 0 Å². The van der Waals surface area contributed by atoms with Gasteiger partial charge in [0.2, 0.25) is 0 Å². The molecule has 2 N–H and O–H groups in total. The van der Waals surface area contributed by atoms with Crippen molar-refractivity contribution in [3.05, 3.63) is 29.6 Å². The zero-order valence-corrected chi connectivity index (χ0v) is 10.9. The number of amides is 1. The van der Waals surface area contributed by atoms with Gasteiger partial charge in [0.25, 0.3) is 5.91 Å². The first-order chi connectivity index (χ1) is 8.72. The third-order valence-electron chi connectivity index (χ3n) is 3.52. The molecule has 1 fully saturated rings. The van der Waals surface area contributed by atoms with E-state index in [0.29, 0.717) is 12.2 Å². The van der Waals surface area contributed by atoms with E-state index in [-0.39, 0.29) is 11.9 Å². The van der Waals surface area contributed by atoms with Gasteiger partial charge in [-0.2, -0.15) is 0 Å². The number of pyridine rings is 1. The molecule has 4 nitrogen and oxygen atoms in total. The van der Waals surface area contributed by atoms with Gasteiger partial charge in [-0.3, -0.25) is 4.79 Å². The molecule has 0 aromatic carbocycles. The molecule has 0 aliphatic carbocycles. The topological polar surface area (TPSA) is 59.2 Å². The summed E-state index contributed by atoms with van der Waals surface area (Å²) in [6.07, 6.45) is 4.41. The molecule has 1 aromatic heterocycles. The van der Waals surface area contributed by atoms with Crippen molar-refractivity contribution in [2.45, 2.75) is 38.6 Å². The van der Waals surface area contributed by atoms with Crippen LogP contribution in [0.4, 0.5) is 0 Å². The molecule has 0 spiro atoms. The zero-order valence-electron chi connectivity index (χ0n) is 10.9. The predicted octanol–water partition coefficient (Wildman–Crippen LogP) is 1.73. The van der Waals surface area contributed by atoms with Gasteiger partial charge in [0, 0.05) is 24.8 Å². The lowest BCUT2D eigenvalue weighted by molar-refractivity contribution is 0.0683. The molecule has 0 saturated carbocycles. The van der Waals surface area contributed by atoms with E-state index in [1.54, 1.807) is 6.07 Å². The van der Waals surface area contributed by atoms with Crippen molar-refractivity contribution < 1.29 is 4.79 Å². The minimum absolute atomic E-state index is 0.0241. The van der Waals surface area contributed by atoms with Crippen molar-refractivity contribution in [1.29, 1.82) is 0 Å². The summed E-state index contributed by atoms with van der Waals surface area (Å²) in [6, 6.07) is 5.74. The normalized spacial score (nSPS) is 20.6. The van der Waals surface area contributed by atoms with Crippen LogP contribution in [0.3, 0.4) is 0 Å². The van der Waals surface area contributed by atoms with Crippen molar-refractivity contribution in [2.75, 3.05) is 13.1 Å². The summed E-state index contributed by atoms with van der Waals surface area (Å²) in [7, 11) is 0. The van der Waals surface area contributed by atoms with Crippen LogP contribution in [-0.2, 0) is 0 Å². The number of nitrogens with zero attached hydrogens (tertiary/aromatic N) is 2. The van der Waals surface area contributed by atoms with Gasteiger partial charge in [0.05, 0.1) is 0 Å². The molecule has 2 heterocycles. The summed E-state index contributed by atoms with van der Waals surface area (Å²) >= 11 is 0. The van der Waals surface area contributed by atoms with E-state index in [2.05, 4.69) is 4.98 Å². The minimum Gasteiger partial charge on any atom is -0.333 e. The fourth-order valence-corrected chi connectivity index (χ4v) is 2.50. The third-order valence-corrected chi connectivity index (χ3v) is 3.52. The Morgan fingerprint density at radius 2 is 2.28 bits per heavy atom. The number of hydrogen-bond acceptors (Lipinski definition) is 3. The van der Waals surface area contributed by atoms with E-state index in [0.717, 1.165) is 31.5 Å². The van der Waals surface area contributed by atoms with Crippen molar-refractivity contribution in [3.63, 3.8) is 0 Å². The summed E-state index contributed by atoms with van der Waals surface area (Å²) < 4.78 is 0. The maximum absolute atomic E-state index is 12.5. The van der Waals surface area contributed by atoms with Gasteiger partial charge in [-0.1, -0.05) is 18.9 Å². The van der Waals surface area contributed by atoms with E-state index in [1.807, 2.05) is 24.0 Å². The average Bonchev–Trinajstić information content (AvgIpc) is 2.62. The molecule has 0 radical (unpaired) electrons. The maximum Gasteiger partial charge on any atom is 0.272 e. The highest BCUT2D eigenvalue weighted by Crippen LogP contribution is 2.18. The van der Waals surface area contributed by atoms with Gasteiger partial charge in [0.1, 0.15) is 5.69 Å². The van der Waals surface area contributed by atoms with Crippen LogP contribution in [0.5, 0.6) is 0 Å². The molecule has 2 rings (SSSR count). The summed E-state index contributed by atoms with van der Waals surface area (Å²) in [5.41, 5.74) is 7.21. The molecule has 1 saturated heterocycles. The summed E-state index contributed by atoms with van der Waals surface area (Å²) in [4.78, 5) is 18.7. The van der Waals surface area contributed by atoms with Crippen LogP contribution in [0.1, 0.15) is 41.9 Å². The molecule has 1 aliphatic rings. The number of carbonyl (C=O) groups excluding carboxylic acids is 1. The summed E-state index contributed by atoms with van der Waals surface area (Å²) in [6.45, 7) is 3.24. The highest BCUT2D eigenvalue weighted by Gasteiger charge is 2.25. The van der Waals surface area contributed by atoms with E-state index in [1.165, 1.54) is 6.42 Å². The third kappa shape index (κ3) is 2.88. The number of nitrogens with two attached hydrogens (primary N) is 1. The number of carbonyl (C=O) groups is 1. The second-order valence-electron chi connectivity index (χ2n) is 4.90. The van der Waals surface area contributed by atoms with Gasteiger partial charge >= 0.3 is 0 Å². The highest BCUT2D eigenvalue weighted by molar-refractivity contribution is 5.92. The monoisotopic (exact) mass is 247 g/mol. The average molecular weight is 247 g/mol. The van der Waals surface area contributed by atoms with Crippen LogP contribution >= 0.6 is 0 Å². The lowest BCUT2D eigenvalue weighted by atomic mass is 10.1. The standard InChI is InChI=1S/C14H21N3O/c1-11-6-5-8-13(16-11)14(18)17-9-4-2-3-7-12(17)10-15/h5-6,8,12H,2-4,7,9-10,15H2,1H3. The van der Waals surface area contributed by atoms with Gasteiger partial charge in [0.15, 0.2) is 0 Å². The second kappa shape index (κ2) is 5.96. The van der Waals surface area contributed by atoms with Crippen molar-refractivity contribution in [2.24, 2.45) is 5.73 Å².